The highest BCUT2D eigenvalue weighted by atomic mass is 16.5. The predicted octanol–water partition coefficient (Wildman–Crippen LogP) is 3.76. The van der Waals surface area contributed by atoms with E-state index < -0.39 is 0 Å². The van der Waals surface area contributed by atoms with Crippen LogP contribution in [0.15, 0.2) is 61.4 Å². The van der Waals surface area contributed by atoms with E-state index in [9.17, 15) is 4.79 Å². The van der Waals surface area contributed by atoms with Crippen molar-refractivity contribution in [1.82, 2.24) is 9.97 Å². The zero-order valence-corrected chi connectivity index (χ0v) is 15.8. The number of rotatable bonds is 5. The normalized spacial score (nSPS) is 14.1. The second-order valence-corrected chi connectivity index (χ2v) is 6.77. The van der Waals surface area contributed by atoms with Crippen molar-refractivity contribution in [3.05, 3.63) is 67.0 Å². The summed E-state index contributed by atoms with van der Waals surface area (Å²) in [5, 5.41) is 4.23. The maximum Gasteiger partial charge on any atom is 0.250 e. The standard InChI is InChI=1S/C22H22N4O2/c1-3-19(27)26-11-12-28-21-18(26)10-9-17-20(21)22(25-14-24-17)23-13-15(2)16-7-5-4-6-8-16/h3-10,14-15H,1,11-13H2,2H3,(H,23,24,25)/t15-/m0/s1. The van der Waals surface area contributed by atoms with Gasteiger partial charge in [0, 0.05) is 6.54 Å². The lowest BCUT2D eigenvalue weighted by molar-refractivity contribution is -0.114. The molecular weight excluding hydrogens is 352 g/mol. The van der Waals surface area contributed by atoms with Crippen LogP contribution in [0.3, 0.4) is 0 Å². The second kappa shape index (κ2) is 7.68. The molecule has 2 aromatic carbocycles. The molecule has 0 spiro atoms. The van der Waals surface area contributed by atoms with Gasteiger partial charge in [0.1, 0.15) is 18.8 Å². The lowest BCUT2D eigenvalue weighted by Crippen LogP contribution is -2.36. The maximum atomic E-state index is 12.2. The minimum Gasteiger partial charge on any atom is -0.489 e. The number of amides is 1. The molecule has 142 valence electrons. The summed E-state index contributed by atoms with van der Waals surface area (Å²) in [6, 6.07) is 14.1. The molecule has 6 heteroatoms. The Bertz CT molecular complexity index is 1020. The van der Waals surface area contributed by atoms with Crippen LogP contribution in [-0.4, -0.2) is 35.6 Å². The number of fused-ring (bicyclic) bond motifs is 3. The third kappa shape index (κ3) is 3.29. The first-order valence-electron chi connectivity index (χ1n) is 9.32. The summed E-state index contributed by atoms with van der Waals surface area (Å²) in [6.45, 7) is 7.39. The quantitative estimate of drug-likeness (QED) is 0.689. The van der Waals surface area contributed by atoms with Gasteiger partial charge in [0.05, 0.1) is 23.1 Å². The molecular formula is C22H22N4O2. The van der Waals surface area contributed by atoms with E-state index in [2.05, 4.69) is 40.9 Å². The molecule has 0 unspecified atom stereocenters. The zero-order chi connectivity index (χ0) is 19.5. The van der Waals surface area contributed by atoms with E-state index in [-0.39, 0.29) is 5.91 Å². The molecule has 1 aliphatic rings. The lowest BCUT2D eigenvalue weighted by atomic mass is 10.0. The average molecular weight is 374 g/mol. The predicted molar refractivity (Wildman–Crippen MR) is 111 cm³/mol. The monoisotopic (exact) mass is 374 g/mol. The van der Waals surface area contributed by atoms with Gasteiger partial charge in [-0.3, -0.25) is 4.79 Å². The van der Waals surface area contributed by atoms with Gasteiger partial charge in [0.25, 0.3) is 5.91 Å². The largest absolute Gasteiger partial charge is 0.489 e. The summed E-state index contributed by atoms with van der Waals surface area (Å²) in [5.74, 6) is 1.51. The van der Waals surface area contributed by atoms with Crippen LogP contribution in [0.5, 0.6) is 5.75 Å². The Morgan fingerprint density at radius 2 is 2.11 bits per heavy atom. The van der Waals surface area contributed by atoms with E-state index in [1.54, 1.807) is 11.2 Å². The molecule has 4 rings (SSSR count). The number of anilines is 2. The van der Waals surface area contributed by atoms with Gasteiger partial charge in [0.15, 0.2) is 5.75 Å². The van der Waals surface area contributed by atoms with Crippen molar-refractivity contribution in [3.63, 3.8) is 0 Å². The minimum absolute atomic E-state index is 0.145. The van der Waals surface area contributed by atoms with Gasteiger partial charge in [-0.2, -0.15) is 0 Å². The third-order valence-electron chi connectivity index (χ3n) is 4.97. The van der Waals surface area contributed by atoms with E-state index in [0.29, 0.717) is 30.6 Å². The third-order valence-corrected chi connectivity index (χ3v) is 4.97. The van der Waals surface area contributed by atoms with Crippen molar-refractivity contribution < 1.29 is 9.53 Å². The number of aromatic nitrogens is 2. The molecule has 0 bridgehead atoms. The van der Waals surface area contributed by atoms with Crippen molar-refractivity contribution in [2.24, 2.45) is 0 Å². The summed E-state index contributed by atoms with van der Waals surface area (Å²) in [6.07, 6.45) is 2.86. The number of hydrogen-bond donors (Lipinski definition) is 1. The van der Waals surface area contributed by atoms with Crippen molar-refractivity contribution in [1.29, 1.82) is 0 Å². The number of nitrogens with one attached hydrogen (secondary N) is 1. The van der Waals surface area contributed by atoms with E-state index in [1.807, 2.05) is 30.3 Å². The molecule has 0 saturated heterocycles. The van der Waals surface area contributed by atoms with E-state index in [4.69, 9.17) is 4.74 Å². The number of benzene rings is 2. The maximum absolute atomic E-state index is 12.2. The highest BCUT2D eigenvalue weighted by molar-refractivity contribution is 6.07. The molecule has 0 fully saturated rings. The Balaban J connectivity index is 1.69. The van der Waals surface area contributed by atoms with Gasteiger partial charge in [-0.1, -0.05) is 43.8 Å². The first kappa shape index (κ1) is 18.0. The summed E-state index contributed by atoms with van der Waals surface area (Å²) < 4.78 is 5.95. The van der Waals surface area contributed by atoms with Gasteiger partial charge >= 0.3 is 0 Å². The van der Waals surface area contributed by atoms with Crippen LogP contribution >= 0.6 is 0 Å². The molecule has 1 aliphatic heterocycles. The molecule has 1 amide bonds. The number of carbonyl (C=O) groups is 1. The zero-order valence-electron chi connectivity index (χ0n) is 15.8. The van der Waals surface area contributed by atoms with Gasteiger partial charge in [-0.15, -0.1) is 0 Å². The molecule has 1 N–H and O–H groups in total. The lowest BCUT2D eigenvalue weighted by Gasteiger charge is -2.29. The molecule has 1 atom stereocenters. The van der Waals surface area contributed by atoms with Gasteiger partial charge in [-0.25, -0.2) is 9.97 Å². The number of nitrogens with zero attached hydrogens (tertiary/aromatic N) is 3. The Hall–Kier alpha value is -3.41. The van der Waals surface area contributed by atoms with Crippen LogP contribution in [0.1, 0.15) is 18.4 Å². The molecule has 0 saturated carbocycles. The van der Waals surface area contributed by atoms with Crippen molar-refractivity contribution in [2.45, 2.75) is 12.8 Å². The highest BCUT2D eigenvalue weighted by Gasteiger charge is 2.25. The van der Waals surface area contributed by atoms with Gasteiger partial charge < -0.3 is 15.0 Å². The first-order chi connectivity index (χ1) is 13.7. The smallest absolute Gasteiger partial charge is 0.250 e. The van der Waals surface area contributed by atoms with Crippen LogP contribution in [0.25, 0.3) is 10.9 Å². The van der Waals surface area contributed by atoms with Crippen LogP contribution in [0, 0.1) is 0 Å². The van der Waals surface area contributed by atoms with E-state index >= 15 is 0 Å². The molecule has 0 aliphatic carbocycles. The fourth-order valence-corrected chi connectivity index (χ4v) is 3.45. The Morgan fingerprint density at radius 3 is 2.89 bits per heavy atom. The van der Waals surface area contributed by atoms with Gasteiger partial charge in [0.2, 0.25) is 0 Å². The number of carbonyl (C=O) groups excluding carboxylic acids is 1. The van der Waals surface area contributed by atoms with E-state index in [1.165, 1.54) is 11.6 Å². The van der Waals surface area contributed by atoms with Crippen molar-refractivity contribution >= 4 is 28.3 Å². The van der Waals surface area contributed by atoms with Crippen molar-refractivity contribution in [2.75, 3.05) is 29.9 Å². The average Bonchev–Trinajstić information content (AvgIpc) is 2.76. The fraction of sp³-hybridized carbons (Fsp3) is 0.227. The molecule has 28 heavy (non-hydrogen) atoms. The molecule has 0 radical (unpaired) electrons. The summed E-state index contributed by atoms with van der Waals surface area (Å²) in [7, 11) is 0. The summed E-state index contributed by atoms with van der Waals surface area (Å²) in [5.41, 5.74) is 2.75. The first-order valence-corrected chi connectivity index (χ1v) is 9.32. The number of ether oxygens (including phenoxy) is 1. The Kier molecular flexibility index (Phi) is 4.93. The van der Waals surface area contributed by atoms with E-state index in [0.717, 1.165) is 23.1 Å². The van der Waals surface area contributed by atoms with Crippen LogP contribution < -0.4 is 15.0 Å². The Labute approximate surface area is 163 Å². The van der Waals surface area contributed by atoms with Gasteiger partial charge in [-0.05, 0) is 29.7 Å². The Morgan fingerprint density at radius 1 is 1.29 bits per heavy atom. The van der Waals surface area contributed by atoms with Crippen LogP contribution in [-0.2, 0) is 4.79 Å². The second-order valence-electron chi connectivity index (χ2n) is 6.77. The molecule has 2 heterocycles. The fourth-order valence-electron chi connectivity index (χ4n) is 3.45. The summed E-state index contributed by atoms with van der Waals surface area (Å²) in [4.78, 5) is 22.7. The van der Waals surface area contributed by atoms with Crippen LogP contribution in [0.2, 0.25) is 0 Å². The highest BCUT2D eigenvalue weighted by Crippen LogP contribution is 2.40. The SMILES string of the molecule is C=CC(=O)N1CCOc2c1ccc1ncnc(NC[C@H](C)c3ccccc3)c21. The molecule has 3 aromatic rings. The van der Waals surface area contributed by atoms with Crippen molar-refractivity contribution in [3.8, 4) is 5.75 Å². The topological polar surface area (TPSA) is 67.4 Å². The van der Waals surface area contributed by atoms with Crippen LogP contribution in [0.4, 0.5) is 11.5 Å². The number of hydrogen-bond acceptors (Lipinski definition) is 5. The summed E-state index contributed by atoms with van der Waals surface area (Å²) >= 11 is 0. The molecule has 6 nitrogen and oxygen atoms in total. The molecule has 1 aromatic heterocycles. The minimum atomic E-state index is -0.145.